The molecule has 1 saturated heterocycles. The summed E-state index contributed by atoms with van der Waals surface area (Å²) in [5, 5.41) is 3.06. The number of hydrogen-bond donors (Lipinski definition) is 2. The lowest BCUT2D eigenvalue weighted by atomic mass is 10.1. The monoisotopic (exact) mass is 452 g/mol. The van der Waals surface area contributed by atoms with E-state index in [1.54, 1.807) is 0 Å². The van der Waals surface area contributed by atoms with Crippen LogP contribution in [0.2, 0.25) is 0 Å². The Balaban J connectivity index is 0.00000243. The van der Waals surface area contributed by atoms with Crippen molar-refractivity contribution in [2.45, 2.75) is 45.3 Å². The molecule has 8 heteroatoms. The Morgan fingerprint density at radius 3 is 2.11 bits per heavy atom. The summed E-state index contributed by atoms with van der Waals surface area (Å²) in [6.07, 6.45) is 2.73. The Hall–Kier alpha value is -0.560. The van der Waals surface area contributed by atoms with Crippen LogP contribution in [0.5, 0.6) is 0 Å². The lowest BCUT2D eigenvalue weighted by molar-refractivity contribution is -0.125. The van der Waals surface area contributed by atoms with Gasteiger partial charge in [0.25, 0.3) is 0 Å². The van der Waals surface area contributed by atoms with Gasteiger partial charge in [0.05, 0.1) is 0 Å². The summed E-state index contributed by atoms with van der Waals surface area (Å²) in [7, 11) is 0. The average Bonchev–Trinajstić information content (AvgIpc) is 3.08. The predicted molar refractivity (Wildman–Crippen MR) is 123 cm³/mol. The van der Waals surface area contributed by atoms with Crippen LogP contribution in [0.25, 0.3) is 0 Å². The average molecular weight is 454 g/mol. The number of carbonyl (C=O) groups is 1. The van der Waals surface area contributed by atoms with Crippen molar-refractivity contribution < 1.29 is 4.79 Å². The first-order valence-corrected chi connectivity index (χ1v) is 9.70. The molecule has 2 unspecified atom stereocenters. The van der Waals surface area contributed by atoms with Crippen LogP contribution < -0.4 is 11.1 Å². The van der Waals surface area contributed by atoms with Crippen molar-refractivity contribution in [2.24, 2.45) is 11.7 Å². The smallest absolute Gasteiger partial charge is 0.223 e. The summed E-state index contributed by atoms with van der Waals surface area (Å²) in [6, 6.07) is 8.86. The van der Waals surface area contributed by atoms with E-state index < -0.39 is 0 Å². The molecule has 2 atom stereocenters. The summed E-state index contributed by atoms with van der Waals surface area (Å²) >= 11 is 0. The zero-order chi connectivity index (χ0) is 17.6. The van der Waals surface area contributed by atoms with Crippen LogP contribution in [-0.4, -0.2) is 54.5 Å². The van der Waals surface area contributed by atoms with Gasteiger partial charge < -0.3 is 16.0 Å². The lowest BCUT2D eigenvalue weighted by Gasteiger charge is -2.34. The van der Waals surface area contributed by atoms with Gasteiger partial charge >= 0.3 is 0 Å². The number of likely N-dealkylation sites (N-methyl/N-ethyl adjacent to an activating group) is 1. The molecule has 1 aromatic rings. The Labute approximate surface area is 188 Å². The first-order chi connectivity index (χ1) is 12.1. The molecular formula is C20H35Cl3N4O. The molecule has 5 nitrogen and oxygen atoms in total. The molecule has 2 fully saturated rings. The van der Waals surface area contributed by atoms with E-state index in [9.17, 15) is 4.79 Å². The third kappa shape index (κ3) is 8.05. The van der Waals surface area contributed by atoms with Crippen LogP contribution in [0.1, 0.15) is 37.3 Å². The first kappa shape index (κ1) is 27.4. The largest absolute Gasteiger partial charge is 0.352 e. The highest BCUT2D eigenvalue weighted by Gasteiger charge is 2.27. The standard InChI is InChI=1S/C20H32N4O.3ClH/c1-2-23-9-11-24(12-10-23)15-17-5-3-16(4-6-17)14-22-20(25)18-7-8-19(21)13-18;;;/h3-6,18-19H,2,7-15,21H2,1H3,(H,22,25);3*1H. The zero-order valence-electron chi connectivity index (χ0n) is 16.6. The topological polar surface area (TPSA) is 61.6 Å². The number of carbonyl (C=O) groups excluding carboxylic acids is 1. The van der Waals surface area contributed by atoms with Gasteiger partial charge in [-0.1, -0.05) is 31.2 Å². The van der Waals surface area contributed by atoms with Crippen LogP contribution in [0.4, 0.5) is 0 Å². The SMILES string of the molecule is CCN1CCN(Cc2ccc(CNC(=O)C3CCC(N)C3)cc2)CC1.Cl.Cl.Cl. The molecule has 1 amide bonds. The number of nitrogens with two attached hydrogens (primary N) is 1. The molecule has 0 bridgehead atoms. The van der Waals surface area contributed by atoms with E-state index >= 15 is 0 Å². The highest BCUT2D eigenvalue weighted by molar-refractivity contribution is 5.86. The molecule has 0 radical (unpaired) electrons. The van der Waals surface area contributed by atoms with Crippen molar-refractivity contribution >= 4 is 43.1 Å². The van der Waals surface area contributed by atoms with Gasteiger partial charge in [-0.3, -0.25) is 9.69 Å². The van der Waals surface area contributed by atoms with Gasteiger partial charge in [0.1, 0.15) is 0 Å². The van der Waals surface area contributed by atoms with Gasteiger partial charge in [0.2, 0.25) is 5.91 Å². The number of amides is 1. The van der Waals surface area contributed by atoms with Crippen LogP contribution in [0.3, 0.4) is 0 Å². The van der Waals surface area contributed by atoms with Gasteiger partial charge in [0, 0.05) is 51.2 Å². The van der Waals surface area contributed by atoms with Crippen molar-refractivity contribution in [2.75, 3.05) is 32.7 Å². The number of halogens is 3. The van der Waals surface area contributed by atoms with Crippen LogP contribution >= 0.6 is 37.2 Å². The van der Waals surface area contributed by atoms with Gasteiger partial charge in [-0.15, -0.1) is 37.2 Å². The minimum absolute atomic E-state index is 0. The molecule has 1 aliphatic heterocycles. The van der Waals surface area contributed by atoms with Gasteiger partial charge in [0.15, 0.2) is 0 Å². The molecule has 0 spiro atoms. The molecule has 1 aromatic carbocycles. The molecule has 28 heavy (non-hydrogen) atoms. The Bertz CT molecular complexity index is 565. The predicted octanol–water partition coefficient (Wildman–Crippen LogP) is 2.83. The van der Waals surface area contributed by atoms with Gasteiger partial charge in [-0.25, -0.2) is 0 Å². The maximum atomic E-state index is 12.2. The molecule has 3 N–H and O–H groups in total. The third-order valence-electron chi connectivity index (χ3n) is 5.65. The number of nitrogens with zero attached hydrogens (tertiary/aromatic N) is 2. The number of benzene rings is 1. The molecule has 3 rings (SSSR count). The molecule has 1 heterocycles. The zero-order valence-corrected chi connectivity index (χ0v) is 19.1. The summed E-state index contributed by atoms with van der Waals surface area (Å²) in [4.78, 5) is 17.2. The van der Waals surface area contributed by atoms with Gasteiger partial charge in [-0.05, 0) is 36.9 Å². The van der Waals surface area contributed by atoms with Crippen LogP contribution in [0.15, 0.2) is 24.3 Å². The van der Waals surface area contributed by atoms with E-state index in [2.05, 4.69) is 46.3 Å². The third-order valence-corrected chi connectivity index (χ3v) is 5.65. The number of piperazine rings is 1. The van der Waals surface area contributed by atoms with Crippen molar-refractivity contribution in [1.29, 1.82) is 0 Å². The Morgan fingerprint density at radius 1 is 1.00 bits per heavy atom. The van der Waals surface area contributed by atoms with E-state index in [0.29, 0.717) is 6.54 Å². The van der Waals surface area contributed by atoms with E-state index in [0.717, 1.165) is 51.0 Å². The Kier molecular flexibility index (Phi) is 13.4. The maximum Gasteiger partial charge on any atom is 0.223 e. The van der Waals surface area contributed by atoms with Crippen molar-refractivity contribution in [3.8, 4) is 0 Å². The van der Waals surface area contributed by atoms with Crippen molar-refractivity contribution in [3.63, 3.8) is 0 Å². The van der Waals surface area contributed by atoms with Gasteiger partial charge in [-0.2, -0.15) is 0 Å². The number of nitrogens with one attached hydrogen (secondary N) is 1. The Morgan fingerprint density at radius 2 is 1.57 bits per heavy atom. The minimum atomic E-state index is 0. The molecule has 0 aromatic heterocycles. The quantitative estimate of drug-likeness (QED) is 0.695. The van der Waals surface area contributed by atoms with Crippen molar-refractivity contribution in [1.82, 2.24) is 15.1 Å². The molecular weight excluding hydrogens is 419 g/mol. The summed E-state index contributed by atoms with van der Waals surface area (Å²) < 4.78 is 0. The number of hydrogen-bond acceptors (Lipinski definition) is 4. The highest BCUT2D eigenvalue weighted by atomic mass is 35.5. The minimum Gasteiger partial charge on any atom is -0.352 e. The second kappa shape index (κ2) is 13.6. The molecule has 1 aliphatic carbocycles. The second-order valence-electron chi connectivity index (χ2n) is 7.51. The lowest BCUT2D eigenvalue weighted by Crippen LogP contribution is -2.45. The summed E-state index contributed by atoms with van der Waals surface area (Å²) in [6.45, 7) is 9.65. The van der Waals surface area contributed by atoms with E-state index in [1.807, 2.05) is 0 Å². The number of rotatable bonds is 6. The van der Waals surface area contributed by atoms with Crippen molar-refractivity contribution in [3.05, 3.63) is 35.4 Å². The van der Waals surface area contributed by atoms with Crippen LogP contribution in [-0.2, 0) is 17.9 Å². The fourth-order valence-corrected chi connectivity index (χ4v) is 3.87. The molecule has 162 valence electrons. The fraction of sp³-hybridized carbons (Fsp3) is 0.650. The maximum absolute atomic E-state index is 12.2. The van der Waals surface area contributed by atoms with Crippen LogP contribution in [0, 0.1) is 5.92 Å². The molecule has 1 saturated carbocycles. The summed E-state index contributed by atoms with van der Waals surface area (Å²) in [5.74, 6) is 0.266. The summed E-state index contributed by atoms with van der Waals surface area (Å²) in [5.41, 5.74) is 8.40. The fourth-order valence-electron chi connectivity index (χ4n) is 3.87. The van der Waals surface area contributed by atoms with E-state index in [-0.39, 0.29) is 55.1 Å². The van der Waals surface area contributed by atoms with E-state index in [4.69, 9.17) is 5.73 Å². The first-order valence-electron chi connectivity index (χ1n) is 9.70. The van der Waals surface area contributed by atoms with E-state index in [1.165, 1.54) is 18.7 Å². The second-order valence-corrected chi connectivity index (χ2v) is 7.51. The normalized spacial score (nSPS) is 22.5. The highest BCUT2D eigenvalue weighted by Crippen LogP contribution is 2.24. The molecule has 2 aliphatic rings.